The summed E-state index contributed by atoms with van der Waals surface area (Å²) in [4.78, 5) is 32.3. The van der Waals surface area contributed by atoms with Gasteiger partial charge in [0.2, 0.25) is 5.91 Å². The van der Waals surface area contributed by atoms with Crippen LogP contribution in [-0.2, 0) is 9.53 Å². The molecule has 0 saturated carbocycles. The molecule has 6 nitrogen and oxygen atoms in total. The number of morpholine rings is 1. The monoisotopic (exact) mass is 343 g/mol. The molecule has 1 aromatic heterocycles. The maximum absolute atomic E-state index is 13.0. The number of carbonyl (C=O) groups is 2. The molecule has 0 bridgehead atoms. The standard InChI is InChI=1S/C19H25N3O3/c1-13-18(15-6-4-5-7-16(15)20-13)19(24)14(2)21(3)12-17(23)22-8-10-25-11-9-22/h4-7,14,20H,8-12H2,1-3H3/t14-/m1/s1. The van der Waals surface area contributed by atoms with Crippen LogP contribution in [0, 0.1) is 6.92 Å². The van der Waals surface area contributed by atoms with Crippen molar-refractivity contribution in [2.24, 2.45) is 0 Å². The van der Waals surface area contributed by atoms with E-state index in [9.17, 15) is 9.59 Å². The molecule has 6 heteroatoms. The van der Waals surface area contributed by atoms with Gasteiger partial charge in [0.05, 0.1) is 25.8 Å². The van der Waals surface area contributed by atoms with Gasteiger partial charge < -0.3 is 14.6 Å². The van der Waals surface area contributed by atoms with E-state index in [1.165, 1.54) is 0 Å². The second kappa shape index (κ2) is 7.37. The van der Waals surface area contributed by atoms with Gasteiger partial charge in [0.1, 0.15) is 0 Å². The molecule has 1 aliphatic heterocycles. The Hall–Kier alpha value is -2.18. The predicted octanol–water partition coefficient (Wildman–Crippen LogP) is 1.84. The summed E-state index contributed by atoms with van der Waals surface area (Å²) in [5.41, 5.74) is 2.54. The topological polar surface area (TPSA) is 65.6 Å². The highest BCUT2D eigenvalue weighted by Crippen LogP contribution is 2.24. The number of hydrogen-bond donors (Lipinski definition) is 1. The summed E-state index contributed by atoms with van der Waals surface area (Å²) in [5.74, 6) is 0.0772. The molecular weight excluding hydrogens is 318 g/mol. The number of likely N-dealkylation sites (N-methyl/N-ethyl adjacent to an activating group) is 1. The zero-order chi connectivity index (χ0) is 18.0. The van der Waals surface area contributed by atoms with Gasteiger partial charge >= 0.3 is 0 Å². The van der Waals surface area contributed by atoms with Gasteiger partial charge in [-0.3, -0.25) is 14.5 Å². The minimum Gasteiger partial charge on any atom is -0.378 e. The fraction of sp³-hybridized carbons (Fsp3) is 0.474. The Kier molecular flexibility index (Phi) is 5.20. The Morgan fingerprint density at radius 2 is 1.96 bits per heavy atom. The maximum atomic E-state index is 13.0. The lowest BCUT2D eigenvalue weighted by atomic mass is 10.0. The number of H-pyrrole nitrogens is 1. The highest BCUT2D eigenvalue weighted by atomic mass is 16.5. The van der Waals surface area contributed by atoms with Crippen molar-refractivity contribution in [1.29, 1.82) is 0 Å². The number of nitrogens with one attached hydrogen (secondary N) is 1. The highest BCUT2D eigenvalue weighted by Gasteiger charge is 2.27. The molecule has 0 radical (unpaired) electrons. The lowest BCUT2D eigenvalue weighted by molar-refractivity contribution is -0.136. The third-order valence-corrected chi connectivity index (χ3v) is 4.93. The van der Waals surface area contributed by atoms with Crippen LogP contribution in [0.1, 0.15) is 23.0 Å². The molecule has 3 rings (SSSR count). The van der Waals surface area contributed by atoms with Gasteiger partial charge in [-0.15, -0.1) is 0 Å². The van der Waals surface area contributed by atoms with Crippen molar-refractivity contribution in [2.75, 3.05) is 39.9 Å². The minimum atomic E-state index is -0.372. The number of fused-ring (bicyclic) bond motifs is 1. The third-order valence-electron chi connectivity index (χ3n) is 4.93. The van der Waals surface area contributed by atoms with E-state index in [1.807, 2.05) is 50.1 Å². The number of rotatable bonds is 5. The molecule has 1 aromatic carbocycles. The number of ether oxygens (including phenoxy) is 1. The average Bonchev–Trinajstić information content (AvgIpc) is 2.96. The van der Waals surface area contributed by atoms with E-state index in [-0.39, 0.29) is 24.3 Å². The molecule has 0 aliphatic carbocycles. The van der Waals surface area contributed by atoms with Crippen LogP contribution in [0.25, 0.3) is 10.9 Å². The van der Waals surface area contributed by atoms with Crippen molar-refractivity contribution in [3.8, 4) is 0 Å². The van der Waals surface area contributed by atoms with Gasteiger partial charge in [0.25, 0.3) is 0 Å². The molecule has 0 unspecified atom stereocenters. The Balaban J connectivity index is 1.72. The normalized spacial score (nSPS) is 16.4. The Labute approximate surface area is 147 Å². The first-order valence-electron chi connectivity index (χ1n) is 8.66. The van der Waals surface area contributed by atoms with Crippen molar-refractivity contribution in [2.45, 2.75) is 19.9 Å². The zero-order valence-electron chi connectivity index (χ0n) is 15.0. The SMILES string of the molecule is Cc1[nH]c2ccccc2c1C(=O)[C@@H](C)N(C)CC(=O)N1CCOCC1. The fourth-order valence-corrected chi connectivity index (χ4v) is 3.27. The number of Topliss-reactive ketones (excluding diaryl/α,β-unsaturated/α-hetero) is 1. The zero-order valence-corrected chi connectivity index (χ0v) is 15.0. The summed E-state index contributed by atoms with van der Waals surface area (Å²) in [5, 5.41) is 0.935. The maximum Gasteiger partial charge on any atom is 0.236 e. The number of ketones is 1. The van der Waals surface area contributed by atoms with Crippen LogP contribution in [0.5, 0.6) is 0 Å². The predicted molar refractivity (Wildman–Crippen MR) is 96.9 cm³/mol. The molecule has 0 spiro atoms. The molecule has 1 N–H and O–H groups in total. The molecule has 2 aromatic rings. The van der Waals surface area contributed by atoms with Crippen molar-refractivity contribution in [3.05, 3.63) is 35.5 Å². The van der Waals surface area contributed by atoms with Crippen LogP contribution in [0.3, 0.4) is 0 Å². The van der Waals surface area contributed by atoms with Crippen LogP contribution < -0.4 is 0 Å². The van der Waals surface area contributed by atoms with Gasteiger partial charge in [-0.1, -0.05) is 18.2 Å². The quantitative estimate of drug-likeness (QED) is 0.842. The minimum absolute atomic E-state index is 0.0345. The van der Waals surface area contributed by atoms with Crippen molar-refractivity contribution < 1.29 is 14.3 Å². The van der Waals surface area contributed by atoms with Crippen LogP contribution >= 0.6 is 0 Å². The van der Waals surface area contributed by atoms with E-state index in [1.54, 1.807) is 4.90 Å². The molecule has 2 heterocycles. The summed E-state index contributed by atoms with van der Waals surface area (Å²) >= 11 is 0. The van der Waals surface area contributed by atoms with E-state index < -0.39 is 0 Å². The molecule has 134 valence electrons. The van der Waals surface area contributed by atoms with E-state index in [0.717, 1.165) is 16.6 Å². The second-order valence-electron chi connectivity index (χ2n) is 6.62. The summed E-state index contributed by atoms with van der Waals surface area (Å²) in [7, 11) is 1.82. The van der Waals surface area contributed by atoms with Gasteiger partial charge in [-0.05, 0) is 27.0 Å². The molecule has 1 saturated heterocycles. The van der Waals surface area contributed by atoms with Crippen LogP contribution in [0.4, 0.5) is 0 Å². The van der Waals surface area contributed by atoms with E-state index in [2.05, 4.69) is 4.98 Å². The first-order chi connectivity index (χ1) is 12.0. The first kappa shape index (κ1) is 17.6. The number of benzene rings is 1. The van der Waals surface area contributed by atoms with Crippen LogP contribution in [0.15, 0.2) is 24.3 Å². The Bertz CT molecular complexity index is 777. The van der Waals surface area contributed by atoms with Gasteiger partial charge in [0, 0.05) is 35.2 Å². The summed E-state index contributed by atoms with van der Waals surface area (Å²) in [6, 6.07) is 7.43. The Morgan fingerprint density at radius 3 is 2.68 bits per heavy atom. The second-order valence-corrected chi connectivity index (χ2v) is 6.62. The van der Waals surface area contributed by atoms with E-state index in [4.69, 9.17) is 4.74 Å². The number of aryl methyl sites for hydroxylation is 1. The van der Waals surface area contributed by atoms with Crippen molar-refractivity contribution >= 4 is 22.6 Å². The largest absolute Gasteiger partial charge is 0.378 e. The number of carbonyl (C=O) groups excluding carboxylic acids is 2. The number of nitrogens with zero attached hydrogens (tertiary/aromatic N) is 2. The average molecular weight is 343 g/mol. The van der Waals surface area contributed by atoms with Gasteiger partial charge in [-0.25, -0.2) is 0 Å². The summed E-state index contributed by atoms with van der Waals surface area (Å²) in [6.45, 7) is 6.41. The molecule has 1 aliphatic rings. The van der Waals surface area contributed by atoms with E-state index >= 15 is 0 Å². The number of amides is 1. The highest BCUT2D eigenvalue weighted by molar-refractivity contribution is 6.11. The molecular formula is C19H25N3O3. The fourth-order valence-electron chi connectivity index (χ4n) is 3.27. The number of hydrogen-bond acceptors (Lipinski definition) is 4. The van der Waals surface area contributed by atoms with Crippen LogP contribution in [-0.4, -0.2) is 72.4 Å². The van der Waals surface area contributed by atoms with Gasteiger partial charge in [0.15, 0.2) is 5.78 Å². The van der Waals surface area contributed by atoms with Crippen molar-refractivity contribution in [1.82, 2.24) is 14.8 Å². The lowest BCUT2D eigenvalue weighted by Gasteiger charge is -2.30. The summed E-state index contributed by atoms with van der Waals surface area (Å²) in [6.07, 6.45) is 0. The smallest absolute Gasteiger partial charge is 0.236 e. The van der Waals surface area contributed by atoms with Crippen molar-refractivity contribution in [3.63, 3.8) is 0 Å². The summed E-state index contributed by atoms with van der Waals surface area (Å²) < 4.78 is 5.28. The molecule has 1 amide bonds. The number of aromatic amines is 1. The first-order valence-corrected chi connectivity index (χ1v) is 8.66. The van der Waals surface area contributed by atoms with Gasteiger partial charge in [-0.2, -0.15) is 0 Å². The van der Waals surface area contributed by atoms with Crippen LogP contribution in [0.2, 0.25) is 0 Å². The molecule has 25 heavy (non-hydrogen) atoms. The Morgan fingerprint density at radius 1 is 1.28 bits per heavy atom. The van der Waals surface area contributed by atoms with E-state index in [0.29, 0.717) is 31.9 Å². The lowest BCUT2D eigenvalue weighted by Crippen LogP contribution is -2.47. The molecule has 1 atom stereocenters. The number of para-hydroxylation sites is 1. The third kappa shape index (κ3) is 3.60. The molecule has 1 fully saturated rings. The number of aromatic nitrogens is 1.